The molecule has 0 radical (unpaired) electrons. The largest absolute Gasteiger partial charge is 0.390 e. The van der Waals surface area contributed by atoms with E-state index in [1.54, 1.807) is 18.2 Å². The first-order valence-corrected chi connectivity index (χ1v) is 10.6. The summed E-state index contributed by atoms with van der Waals surface area (Å²) >= 11 is 6.16. The van der Waals surface area contributed by atoms with Gasteiger partial charge in [-0.25, -0.2) is 4.39 Å². The average Bonchev–Trinajstić information content (AvgIpc) is 3.23. The van der Waals surface area contributed by atoms with Crippen molar-refractivity contribution in [2.24, 2.45) is 5.16 Å². The predicted octanol–water partition coefficient (Wildman–Crippen LogP) is 5.21. The summed E-state index contributed by atoms with van der Waals surface area (Å²) in [6.07, 6.45) is -0.362. The smallest absolute Gasteiger partial charge is 0.145 e. The first-order valence-electron chi connectivity index (χ1n) is 10.3. The van der Waals surface area contributed by atoms with Crippen molar-refractivity contribution in [3.8, 4) is 0 Å². The molecule has 0 aromatic heterocycles. The lowest BCUT2D eigenvalue weighted by atomic mass is 10.0. The van der Waals surface area contributed by atoms with E-state index in [1.165, 1.54) is 6.07 Å². The Kier molecular flexibility index (Phi) is 6.97. The van der Waals surface area contributed by atoms with E-state index in [0.29, 0.717) is 42.4 Å². The van der Waals surface area contributed by atoms with Gasteiger partial charge in [0.05, 0.1) is 11.8 Å². The van der Waals surface area contributed by atoms with Gasteiger partial charge < -0.3 is 9.94 Å². The van der Waals surface area contributed by atoms with Crippen molar-refractivity contribution >= 4 is 17.3 Å². The monoisotopic (exact) mass is 438 g/mol. The minimum absolute atomic E-state index is 0.225. The third-order valence-electron chi connectivity index (χ3n) is 5.29. The van der Waals surface area contributed by atoms with Gasteiger partial charge >= 0.3 is 0 Å². The van der Waals surface area contributed by atoms with Crippen LogP contribution in [0.4, 0.5) is 4.39 Å². The van der Waals surface area contributed by atoms with Crippen LogP contribution in [0.1, 0.15) is 29.2 Å². The Morgan fingerprint density at radius 1 is 1.06 bits per heavy atom. The van der Waals surface area contributed by atoms with Crippen LogP contribution in [-0.4, -0.2) is 34.9 Å². The maximum absolute atomic E-state index is 14.1. The summed E-state index contributed by atoms with van der Waals surface area (Å²) in [6, 6.07) is 23.8. The van der Waals surface area contributed by atoms with Crippen molar-refractivity contribution in [3.63, 3.8) is 0 Å². The number of aliphatic hydroxyl groups is 1. The molecule has 1 aliphatic rings. The second-order valence-electron chi connectivity index (χ2n) is 7.70. The summed E-state index contributed by atoms with van der Waals surface area (Å²) in [4.78, 5) is 7.74. The van der Waals surface area contributed by atoms with Crippen LogP contribution < -0.4 is 0 Å². The van der Waals surface area contributed by atoms with Crippen LogP contribution in [0.15, 0.2) is 84.0 Å². The molecule has 2 atom stereocenters. The van der Waals surface area contributed by atoms with E-state index in [1.807, 2.05) is 54.6 Å². The molecular formula is C25H24ClFN2O2. The quantitative estimate of drug-likeness (QED) is 0.525. The highest BCUT2D eigenvalue weighted by molar-refractivity contribution is 6.30. The fourth-order valence-corrected chi connectivity index (χ4v) is 4.00. The molecule has 31 heavy (non-hydrogen) atoms. The lowest BCUT2D eigenvalue weighted by Crippen LogP contribution is -2.35. The third-order valence-corrected chi connectivity index (χ3v) is 5.53. The molecule has 0 spiro atoms. The highest BCUT2D eigenvalue weighted by atomic mass is 35.5. The molecule has 4 rings (SSSR count). The molecule has 1 heterocycles. The van der Waals surface area contributed by atoms with Gasteiger partial charge in [-0.3, -0.25) is 4.90 Å². The van der Waals surface area contributed by atoms with E-state index in [9.17, 15) is 9.50 Å². The van der Waals surface area contributed by atoms with Gasteiger partial charge in [0.2, 0.25) is 0 Å². The summed E-state index contributed by atoms with van der Waals surface area (Å²) in [5.41, 5.74) is 2.97. The van der Waals surface area contributed by atoms with Gasteiger partial charge in [0.25, 0.3) is 0 Å². The van der Waals surface area contributed by atoms with E-state index in [2.05, 4.69) is 10.1 Å². The molecule has 0 unspecified atom stereocenters. The molecule has 0 saturated carbocycles. The number of hydrogen-bond donors (Lipinski definition) is 1. The molecule has 0 amide bonds. The van der Waals surface area contributed by atoms with Gasteiger partial charge in [0, 0.05) is 36.6 Å². The number of hydrogen-bond acceptors (Lipinski definition) is 4. The Bertz CT molecular complexity index is 1040. The Morgan fingerprint density at radius 3 is 2.61 bits per heavy atom. The number of oxime groups is 1. The highest BCUT2D eigenvalue weighted by Crippen LogP contribution is 2.23. The number of nitrogens with zero attached hydrogens (tertiary/aromatic N) is 2. The third kappa shape index (κ3) is 5.70. The molecule has 0 aliphatic carbocycles. The summed E-state index contributed by atoms with van der Waals surface area (Å²) in [7, 11) is 0. The summed E-state index contributed by atoms with van der Waals surface area (Å²) in [6.45, 7) is 1.56. The van der Waals surface area contributed by atoms with Gasteiger partial charge in [0.1, 0.15) is 11.9 Å². The second-order valence-corrected chi connectivity index (χ2v) is 8.14. The average molecular weight is 439 g/mol. The minimum Gasteiger partial charge on any atom is -0.390 e. The van der Waals surface area contributed by atoms with Crippen LogP contribution >= 0.6 is 11.6 Å². The molecule has 1 N–H and O–H groups in total. The van der Waals surface area contributed by atoms with E-state index in [4.69, 9.17) is 16.4 Å². The van der Waals surface area contributed by atoms with Gasteiger partial charge in [-0.15, -0.1) is 0 Å². The maximum atomic E-state index is 14.1. The first-order chi connectivity index (χ1) is 15.1. The first kappa shape index (κ1) is 21.5. The van der Waals surface area contributed by atoms with E-state index >= 15 is 0 Å². The summed E-state index contributed by atoms with van der Waals surface area (Å²) in [5.74, 6) is -0.305. The van der Waals surface area contributed by atoms with Crippen molar-refractivity contribution in [2.45, 2.75) is 25.2 Å². The van der Waals surface area contributed by atoms with Crippen LogP contribution in [0.2, 0.25) is 5.02 Å². The molecule has 6 heteroatoms. The van der Waals surface area contributed by atoms with E-state index in [0.717, 1.165) is 11.1 Å². The van der Waals surface area contributed by atoms with Gasteiger partial charge in [0.15, 0.2) is 0 Å². The number of halogens is 2. The molecule has 3 aromatic carbocycles. The number of benzene rings is 3. The molecule has 0 saturated heterocycles. The van der Waals surface area contributed by atoms with Crippen molar-refractivity contribution in [1.82, 2.24) is 4.90 Å². The molecule has 0 bridgehead atoms. The van der Waals surface area contributed by atoms with Crippen LogP contribution in [0.5, 0.6) is 0 Å². The van der Waals surface area contributed by atoms with Crippen LogP contribution in [0.25, 0.3) is 0 Å². The SMILES string of the molecule is O[C@H](CN(Cc1cccc(Cl)c1)C[C@@H]1CC(c2ccccc2F)=NO1)c1ccccc1. The molecular weight excluding hydrogens is 415 g/mol. The molecule has 1 aliphatic heterocycles. The number of aliphatic hydroxyl groups excluding tert-OH is 1. The topological polar surface area (TPSA) is 45.1 Å². The fraction of sp³-hybridized carbons (Fsp3) is 0.240. The predicted molar refractivity (Wildman–Crippen MR) is 121 cm³/mol. The van der Waals surface area contributed by atoms with Crippen molar-refractivity contribution in [2.75, 3.05) is 13.1 Å². The fourth-order valence-electron chi connectivity index (χ4n) is 3.79. The number of rotatable bonds is 8. The second kappa shape index (κ2) is 10.1. The molecule has 4 nitrogen and oxygen atoms in total. The lowest BCUT2D eigenvalue weighted by Gasteiger charge is -2.27. The van der Waals surface area contributed by atoms with Gasteiger partial charge in [-0.2, -0.15) is 0 Å². The normalized spacial score (nSPS) is 16.8. The standard InChI is InChI=1S/C25H24ClFN2O2/c26-20-10-6-7-18(13-20)15-29(17-25(30)19-8-2-1-3-9-19)16-21-14-24(28-31-21)22-11-4-5-12-23(22)27/h1-13,21,25,30H,14-17H2/t21-,25+/m0/s1. The summed E-state index contributed by atoms with van der Waals surface area (Å²) < 4.78 is 14.1. The Balaban J connectivity index is 1.46. The molecule has 0 fully saturated rings. The zero-order chi connectivity index (χ0) is 21.6. The molecule has 3 aromatic rings. The van der Waals surface area contributed by atoms with E-state index < -0.39 is 6.10 Å². The summed E-state index contributed by atoms with van der Waals surface area (Å²) in [5, 5.41) is 15.6. The highest BCUT2D eigenvalue weighted by Gasteiger charge is 2.27. The van der Waals surface area contributed by atoms with Crippen molar-refractivity contribution in [3.05, 3.63) is 106 Å². The zero-order valence-electron chi connectivity index (χ0n) is 17.0. The van der Waals surface area contributed by atoms with Crippen LogP contribution in [-0.2, 0) is 11.4 Å². The van der Waals surface area contributed by atoms with Gasteiger partial charge in [-0.05, 0) is 29.3 Å². The zero-order valence-corrected chi connectivity index (χ0v) is 17.8. The van der Waals surface area contributed by atoms with Gasteiger partial charge in [-0.1, -0.05) is 77.4 Å². The Labute approximate surface area is 186 Å². The van der Waals surface area contributed by atoms with Crippen molar-refractivity contribution in [1.29, 1.82) is 0 Å². The minimum atomic E-state index is -0.645. The van der Waals surface area contributed by atoms with Crippen LogP contribution in [0.3, 0.4) is 0 Å². The lowest BCUT2D eigenvalue weighted by molar-refractivity contribution is 0.0318. The maximum Gasteiger partial charge on any atom is 0.145 e. The Hall–Kier alpha value is -2.73. The van der Waals surface area contributed by atoms with Crippen molar-refractivity contribution < 1.29 is 14.3 Å². The van der Waals surface area contributed by atoms with Crippen LogP contribution in [0, 0.1) is 5.82 Å². The Morgan fingerprint density at radius 2 is 1.84 bits per heavy atom. The molecule has 160 valence electrons. The van der Waals surface area contributed by atoms with E-state index in [-0.39, 0.29) is 11.9 Å².